The summed E-state index contributed by atoms with van der Waals surface area (Å²) in [6.07, 6.45) is 2.47. The first kappa shape index (κ1) is 35.7. The molecule has 8 rings (SSSR count). The van der Waals surface area contributed by atoms with Gasteiger partial charge in [0, 0.05) is 25.7 Å². The molecule has 2 aliphatic carbocycles. The van der Waals surface area contributed by atoms with E-state index < -0.39 is 35.0 Å². The third-order valence-corrected chi connectivity index (χ3v) is 11.9. The zero-order valence-electron chi connectivity index (χ0n) is 31.2. The van der Waals surface area contributed by atoms with Crippen molar-refractivity contribution >= 4 is 52.1 Å². The fraction of sp³-hybridized carbons (Fsp3) is 0.302. The van der Waals surface area contributed by atoms with Gasteiger partial charge in [-0.2, -0.15) is 10.2 Å². The first-order valence-corrected chi connectivity index (χ1v) is 18.2. The van der Waals surface area contributed by atoms with E-state index in [0.717, 1.165) is 11.3 Å². The summed E-state index contributed by atoms with van der Waals surface area (Å²) in [7, 11) is 6.78. The average molecular weight is 740 g/mol. The predicted octanol–water partition coefficient (Wildman–Crippen LogP) is 7.33. The van der Waals surface area contributed by atoms with E-state index in [1.165, 1.54) is 24.0 Å². The minimum absolute atomic E-state index is 0.145. The number of hydrogen-bond donors (Lipinski definition) is 1. The summed E-state index contributed by atoms with van der Waals surface area (Å²) in [6, 6.07) is 26.6. The number of rotatable bonds is 8. The van der Waals surface area contributed by atoms with E-state index in [9.17, 15) is 24.3 Å². The number of carbonyl (C=O) groups excluding carboxylic acids is 4. The second-order valence-electron chi connectivity index (χ2n) is 14.9. The average Bonchev–Trinajstić information content (AvgIpc) is 3.57. The van der Waals surface area contributed by atoms with Crippen LogP contribution in [0.1, 0.15) is 31.2 Å². The van der Waals surface area contributed by atoms with Crippen molar-refractivity contribution in [1.82, 2.24) is 0 Å². The second-order valence-corrected chi connectivity index (χ2v) is 14.9. The number of nitrogens with zero attached hydrogens (tertiary/aromatic N) is 5. The number of carbonyl (C=O) groups is 4. The maximum atomic E-state index is 14.7. The van der Waals surface area contributed by atoms with Gasteiger partial charge in [-0.15, -0.1) is 0 Å². The highest BCUT2D eigenvalue weighted by atomic mass is 16.5. The summed E-state index contributed by atoms with van der Waals surface area (Å²) in [6.45, 7) is 1.81. The fourth-order valence-corrected chi connectivity index (χ4v) is 9.15. The van der Waals surface area contributed by atoms with Gasteiger partial charge < -0.3 is 19.5 Å². The number of anilines is 3. The van der Waals surface area contributed by atoms with Crippen LogP contribution in [0.15, 0.2) is 113 Å². The van der Waals surface area contributed by atoms with Crippen LogP contribution in [-0.2, 0) is 19.2 Å². The van der Waals surface area contributed by atoms with Crippen LogP contribution >= 0.6 is 0 Å². The number of allylic oxidation sites excluding steroid dienone is 2. The topological polar surface area (TPSA) is 141 Å². The van der Waals surface area contributed by atoms with Gasteiger partial charge in [0.05, 0.1) is 60.1 Å². The van der Waals surface area contributed by atoms with Gasteiger partial charge in [-0.25, -0.2) is 4.90 Å². The highest BCUT2D eigenvalue weighted by molar-refractivity contribution is 6.25. The van der Waals surface area contributed by atoms with E-state index in [-0.39, 0.29) is 53.7 Å². The summed E-state index contributed by atoms with van der Waals surface area (Å²) in [5, 5.41) is 19.5. The lowest BCUT2D eigenvalue weighted by atomic mass is 9.51. The molecule has 4 aromatic rings. The minimum atomic E-state index is -1.26. The molecule has 280 valence electrons. The Morgan fingerprint density at radius 1 is 0.745 bits per heavy atom. The summed E-state index contributed by atoms with van der Waals surface area (Å²) < 4.78 is 11.1. The molecule has 0 bridgehead atoms. The number of amides is 4. The van der Waals surface area contributed by atoms with Gasteiger partial charge in [-0.05, 0) is 104 Å². The normalized spacial score (nSPS) is 25.8. The van der Waals surface area contributed by atoms with Gasteiger partial charge in [-0.1, -0.05) is 29.8 Å². The molecule has 1 N–H and O–H groups in total. The largest absolute Gasteiger partial charge is 0.502 e. The third-order valence-electron chi connectivity index (χ3n) is 11.9. The molecule has 1 saturated carbocycles. The van der Waals surface area contributed by atoms with Crippen LogP contribution < -0.4 is 24.2 Å². The van der Waals surface area contributed by atoms with Gasteiger partial charge in [-0.3, -0.25) is 24.1 Å². The van der Waals surface area contributed by atoms with Crippen molar-refractivity contribution in [2.24, 2.45) is 39.3 Å². The highest BCUT2D eigenvalue weighted by Crippen LogP contribution is 2.64. The van der Waals surface area contributed by atoms with Gasteiger partial charge in [0.15, 0.2) is 11.5 Å². The quantitative estimate of drug-likeness (QED) is 0.113. The molecule has 2 saturated heterocycles. The molecule has 3 fully saturated rings. The van der Waals surface area contributed by atoms with E-state index in [1.54, 1.807) is 60.7 Å². The Bertz CT molecular complexity index is 2250. The summed E-state index contributed by atoms with van der Waals surface area (Å²) in [5.41, 5.74) is 3.31. The molecular formula is C43H41N5O7. The maximum Gasteiger partial charge on any atom is 0.241 e. The Kier molecular flexibility index (Phi) is 8.78. The molecule has 6 unspecified atom stereocenters. The Labute approximate surface area is 318 Å². The molecule has 2 aliphatic heterocycles. The highest BCUT2D eigenvalue weighted by Gasteiger charge is 2.67. The molecule has 0 aromatic heterocycles. The predicted molar refractivity (Wildman–Crippen MR) is 206 cm³/mol. The van der Waals surface area contributed by atoms with Crippen LogP contribution in [0.4, 0.5) is 28.4 Å². The monoisotopic (exact) mass is 739 g/mol. The third kappa shape index (κ3) is 5.57. The number of aromatic hydroxyl groups is 1. The van der Waals surface area contributed by atoms with Crippen LogP contribution in [0, 0.1) is 29.1 Å². The van der Waals surface area contributed by atoms with Gasteiger partial charge in [0.25, 0.3) is 0 Å². The number of ether oxygens (including phenoxy) is 2. The van der Waals surface area contributed by atoms with Crippen LogP contribution in [0.3, 0.4) is 0 Å². The molecule has 2 heterocycles. The smallest absolute Gasteiger partial charge is 0.241 e. The Hall–Kier alpha value is -6.30. The summed E-state index contributed by atoms with van der Waals surface area (Å²) >= 11 is 0. The Balaban J connectivity index is 1.15. The van der Waals surface area contributed by atoms with Gasteiger partial charge >= 0.3 is 0 Å². The maximum absolute atomic E-state index is 14.7. The molecule has 4 amide bonds. The number of azo groups is 1. The second kappa shape index (κ2) is 13.5. The first-order chi connectivity index (χ1) is 26.5. The number of phenolic OH excluding ortho intramolecular Hbond substituents is 1. The lowest BCUT2D eigenvalue weighted by molar-refractivity contribution is -0.131. The van der Waals surface area contributed by atoms with E-state index in [0.29, 0.717) is 28.3 Å². The summed E-state index contributed by atoms with van der Waals surface area (Å²) in [5.74, 6) is -4.69. The minimum Gasteiger partial charge on any atom is -0.502 e. The number of methoxy groups -OCH3 is 2. The lowest BCUT2D eigenvalue weighted by Crippen LogP contribution is -2.48. The number of phenols is 1. The molecule has 6 atom stereocenters. The standard InChI is InChI=1S/C43H41N5O7/c1-43-33(40(51)48(42(43)53)28-9-7-6-8-10-28)23-32-30(37(43)24-21-34(54-4)38(49)35(22-24)55-5)19-20-31-36(32)41(52)47(39(31)50)29-17-13-26(14-18-29)45-44-25-11-15-27(16-12-25)46(2)3/h6-19,21-22,31-33,36-37,49H,20,23H2,1-5H3. The van der Waals surface area contributed by atoms with Crippen molar-refractivity contribution < 1.29 is 33.8 Å². The molecule has 55 heavy (non-hydrogen) atoms. The number of hydrogen-bond acceptors (Lipinski definition) is 10. The molecule has 4 aliphatic rings. The zero-order valence-corrected chi connectivity index (χ0v) is 31.2. The lowest BCUT2D eigenvalue weighted by Gasteiger charge is -2.49. The molecule has 4 aromatic carbocycles. The molecule has 12 nitrogen and oxygen atoms in total. The SMILES string of the molecule is COc1cc(C2C3=CCC4C(=O)N(c5ccc(N=Nc6ccc(N(C)C)cc6)cc5)C(=O)C4C3CC3C(=O)N(c4ccccc4)C(=O)C32C)cc(OC)c1O. The van der Waals surface area contributed by atoms with E-state index in [2.05, 4.69) is 10.2 Å². The molecule has 12 heteroatoms. The Morgan fingerprint density at radius 3 is 1.91 bits per heavy atom. The fourth-order valence-electron chi connectivity index (χ4n) is 9.15. The van der Waals surface area contributed by atoms with Crippen LogP contribution in [0.5, 0.6) is 17.2 Å². The van der Waals surface area contributed by atoms with Crippen LogP contribution in [0.2, 0.25) is 0 Å². The van der Waals surface area contributed by atoms with Crippen LogP contribution in [-0.4, -0.2) is 57.1 Å². The number of para-hydroxylation sites is 1. The molecule has 0 spiro atoms. The van der Waals surface area contributed by atoms with E-state index in [4.69, 9.17) is 9.47 Å². The number of benzene rings is 4. The molecular weight excluding hydrogens is 699 g/mol. The zero-order chi connectivity index (χ0) is 38.8. The van der Waals surface area contributed by atoms with Crippen molar-refractivity contribution in [2.45, 2.75) is 25.7 Å². The summed E-state index contributed by atoms with van der Waals surface area (Å²) in [4.78, 5) is 62.4. The first-order valence-electron chi connectivity index (χ1n) is 18.2. The van der Waals surface area contributed by atoms with Crippen molar-refractivity contribution in [3.8, 4) is 17.2 Å². The van der Waals surface area contributed by atoms with E-state index in [1.807, 2.05) is 62.3 Å². The van der Waals surface area contributed by atoms with Crippen LogP contribution in [0.25, 0.3) is 0 Å². The molecule has 0 radical (unpaired) electrons. The number of imide groups is 2. The van der Waals surface area contributed by atoms with Gasteiger partial charge in [0.1, 0.15) is 0 Å². The Morgan fingerprint density at radius 2 is 1.33 bits per heavy atom. The van der Waals surface area contributed by atoms with Crippen molar-refractivity contribution in [3.05, 3.63) is 108 Å². The van der Waals surface area contributed by atoms with Crippen molar-refractivity contribution in [1.29, 1.82) is 0 Å². The number of fused-ring (bicyclic) bond motifs is 4. The van der Waals surface area contributed by atoms with E-state index >= 15 is 0 Å². The van der Waals surface area contributed by atoms with Crippen molar-refractivity contribution in [3.63, 3.8) is 0 Å². The van der Waals surface area contributed by atoms with Crippen molar-refractivity contribution in [2.75, 3.05) is 43.0 Å². The van der Waals surface area contributed by atoms with Gasteiger partial charge in [0.2, 0.25) is 29.4 Å².